The molecule has 2 aliphatic heterocycles. The second kappa shape index (κ2) is 10.3. The van der Waals surface area contributed by atoms with Crippen LogP contribution >= 0.6 is 11.6 Å². The summed E-state index contributed by atoms with van der Waals surface area (Å²) in [6, 6.07) is 8.46. The molecule has 176 valence electrons. The molecule has 0 radical (unpaired) electrons. The van der Waals surface area contributed by atoms with E-state index in [0.717, 1.165) is 54.3 Å². The Morgan fingerprint density at radius 1 is 1.18 bits per heavy atom. The van der Waals surface area contributed by atoms with Crippen molar-refractivity contribution in [2.45, 2.75) is 45.2 Å². The maximum absolute atomic E-state index is 13.4. The van der Waals surface area contributed by atoms with E-state index in [9.17, 15) is 4.79 Å². The lowest BCUT2D eigenvalue weighted by atomic mass is 9.92. The highest BCUT2D eigenvalue weighted by Crippen LogP contribution is 2.33. The van der Waals surface area contributed by atoms with Gasteiger partial charge in [-0.15, -0.1) is 0 Å². The standard InChI is InChI=1S/C27H35ClN4O/c1-19-26(27(33)31-16-14-24(15-17-31)30(3)4)20(2)32(29-19)25-7-5-6-22(18-25)9-8-21-10-12-23(28)13-11-21/h5-13,20,22,24,26H,14-18H2,1-4H3/b9-8+. The summed E-state index contributed by atoms with van der Waals surface area (Å²) in [4.78, 5) is 17.7. The number of likely N-dealkylation sites (tertiary alicyclic amines) is 1. The minimum Gasteiger partial charge on any atom is -0.342 e. The minimum absolute atomic E-state index is 0.0303. The molecule has 1 fully saturated rings. The van der Waals surface area contributed by atoms with E-state index in [1.54, 1.807) is 0 Å². The number of piperidine rings is 1. The number of halogens is 1. The molecule has 4 rings (SSSR count). The number of carbonyl (C=O) groups excluding carboxylic acids is 1. The Morgan fingerprint density at radius 3 is 2.55 bits per heavy atom. The van der Waals surface area contributed by atoms with Crippen LogP contribution in [-0.4, -0.2) is 65.7 Å². The minimum atomic E-state index is -0.171. The van der Waals surface area contributed by atoms with Crippen molar-refractivity contribution in [3.8, 4) is 0 Å². The highest BCUT2D eigenvalue weighted by Gasteiger charge is 2.41. The van der Waals surface area contributed by atoms with Gasteiger partial charge in [-0.1, -0.05) is 48.0 Å². The average molecular weight is 467 g/mol. The largest absolute Gasteiger partial charge is 0.342 e. The van der Waals surface area contributed by atoms with Gasteiger partial charge in [0, 0.05) is 41.5 Å². The molecule has 3 atom stereocenters. The van der Waals surface area contributed by atoms with Gasteiger partial charge in [0.1, 0.15) is 5.92 Å². The highest BCUT2D eigenvalue weighted by atomic mass is 35.5. The van der Waals surface area contributed by atoms with Gasteiger partial charge in [0.15, 0.2) is 0 Å². The third-order valence-corrected chi connectivity index (χ3v) is 7.40. The molecule has 33 heavy (non-hydrogen) atoms. The van der Waals surface area contributed by atoms with E-state index >= 15 is 0 Å². The fourth-order valence-electron chi connectivity index (χ4n) is 5.12. The molecular formula is C27H35ClN4O. The lowest BCUT2D eigenvalue weighted by Crippen LogP contribution is -2.49. The number of rotatable bonds is 5. The molecule has 1 amide bonds. The van der Waals surface area contributed by atoms with Crippen LogP contribution < -0.4 is 0 Å². The zero-order chi connectivity index (χ0) is 23.5. The van der Waals surface area contributed by atoms with Crippen molar-refractivity contribution < 1.29 is 4.79 Å². The molecule has 1 aromatic carbocycles. The molecule has 3 unspecified atom stereocenters. The number of carbonyl (C=O) groups is 1. The Morgan fingerprint density at radius 2 is 1.88 bits per heavy atom. The van der Waals surface area contributed by atoms with Crippen LogP contribution in [0.15, 0.2) is 59.4 Å². The van der Waals surface area contributed by atoms with Crippen molar-refractivity contribution in [1.29, 1.82) is 0 Å². The van der Waals surface area contributed by atoms with E-state index in [2.05, 4.69) is 66.2 Å². The molecule has 1 saturated heterocycles. The predicted molar refractivity (Wildman–Crippen MR) is 137 cm³/mol. The molecule has 0 saturated carbocycles. The lowest BCUT2D eigenvalue weighted by Gasteiger charge is -2.37. The van der Waals surface area contributed by atoms with Crippen molar-refractivity contribution >= 4 is 29.3 Å². The number of allylic oxidation sites excluding steroid dienone is 5. The van der Waals surface area contributed by atoms with Crippen molar-refractivity contribution in [1.82, 2.24) is 14.8 Å². The smallest absolute Gasteiger partial charge is 0.233 e. The van der Waals surface area contributed by atoms with Crippen LogP contribution in [0.3, 0.4) is 0 Å². The van der Waals surface area contributed by atoms with E-state index in [1.807, 2.05) is 31.2 Å². The van der Waals surface area contributed by atoms with E-state index in [0.29, 0.717) is 12.0 Å². The Kier molecular flexibility index (Phi) is 7.40. The summed E-state index contributed by atoms with van der Waals surface area (Å²) in [5, 5.41) is 7.68. The number of amides is 1. The van der Waals surface area contributed by atoms with Gasteiger partial charge in [-0.05, 0) is 71.0 Å². The number of hydrazone groups is 1. The van der Waals surface area contributed by atoms with Gasteiger partial charge in [0.05, 0.1) is 6.04 Å². The predicted octanol–water partition coefficient (Wildman–Crippen LogP) is 5.06. The van der Waals surface area contributed by atoms with Gasteiger partial charge in [-0.3, -0.25) is 9.80 Å². The third kappa shape index (κ3) is 5.42. The summed E-state index contributed by atoms with van der Waals surface area (Å²) >= 11 is 5.99. The summed E-state index contributed by atoms with van der Waals surface area (Å²) in [7, 11) is 4.25. The fraction of sp³-hybridized carbons (Fsp3) is 0.481. The Hall–Kier alpha value is -2.37. The fourth-order valence-corrected chi connectivity index (χ4v) is 5.25. The van der Waals surface area contributed by atoms with Crippen molar-refractivity contribution in [2.24, 2.45) is 16.9 Å². The highest BCUT2D eigenvalue weighted by molar-refractivity contribution is 6.30. The number of hydrogen-bond donors (Lipinski definition) is 0. The molecule has 0 aromatic heterocycles. The average Bonchev–Trinajstić information content (AvgIpc) is 3.12. The summed E-state index contributed by atoms with van der Waals surface area (Å²) in [6.45, 7) is 5.80. The van der Waals surface area contributed by atoms with E-state index in [1.165, 1.54) is 0 Å². The molecular weight excluding hydrogens is 432 g/mol. The van der Waals surface area contributed by atoms with Gasteiger partial charge in [-0.2, -0.15) is 5.10 Å². The van der Waals surface area contributed by atoms with Gasteiger partial charge in [0.25, 0.3) is 0 Å². The van der Waals surface area contributed by atoms with E-state index in [4.69, 9.17) is 16.7 Å². The lowest BCUT2D eigenvalue weighted by molar-refractivity contribution is -0.135. The van der Waals surface area contributed by atoms with Crippen molar-refractivity contribution in [2.75, 3.05) is 27.2 Å². The molecule has 0 bridgehead atoms. The zero-order valence-electron chi connectivity index (χ0n) is 20.1. The molecule has 3 aliphatic rings. The molecule has 1 aromatic rings. The Labute approximate surface area is 203 Å². The first-order chi connectivity index (χ1) is 15.8. The van der Waals surface area contributed by atoms with Crippen LogP contribution in [-0.2, 0) is 4.79 Å². The third-order valence-electron chi connectivity index (χ3n) is 7.15. The summed E-state index contributed by atoms with van der Waals surface area (Å²) in [5.74, 6) is 0.355. The van der Waals surface area contributed by atoms with Crippen LogP contribution in [0, 0.1) is 11.8 Å². The Balaban J connectivity index is 1.39. The summed E-state index contributed by atoms with van der Waals surface area (Å²) in [6.07, 6.45) is 13.8. The molecule has 1 aliphatic carbocycles. The van der Waals surface area contributed by atoms with Crippen molar-refractivity contribution in [3.05, 3.63) is 64.9 Å². The van der Waals surface area contributed by atoms with Gasteiger partial charge >= 0.3 is 0 Å². The van der Waals surface area contributed by atoms with Crippen LogP contribution in [0.1, 0.15) is 38.7 Å². The molecule has 5 nitrogen and oxygen atoms in total. The first-order valence-electron chi connectivity index (χ1n) is 11.9. The normalized spacial score (nSPS) is 26.3. The number of nitrogens with zero attached hydrogens (tertiary/aromatic N) is 4. The topological polar surface area (TPSA) is 39.2 Å². The first-order valence-corrected chi connectivity index (χ1v) is 12.3. The quantitative estimate of drug-likeness (QED) is 0.608. The van der Waals surface area contributed by atoms with E-state index in [-0.39, 0.29) is 17.9 Å². The SMILES string of the molecule is CC1=NN(C2=CC=CC(/C=C/c3ccc(Cl)cc3)C2)C(C)C1C(=O)N1CCC(N(C)C)CC1. The van der Waals surface area contributed by atoms with Crippen LogP contribution in [0.5, 0.6) is 0 Å². The van der Waals surface area contributed by atoms with Crippen LogP contribution in [0.4, 0.5) is 0 Å². The maximum Gasteiger partial charge on any atom is 0.233 e. The molecule has 2 heterocycles. The number of hydrogen-bond acceptors (Lipinski definition) is 4. The van der Waals surface area contributed by atoms with Gasteiger partial charge in [-0.25, -0.2) is 0 Å². The van der Waals surface area contributed by atoms with Crippen LogP contribution in [0.25, 0.3) is 6.08 Å². The van der Waals surface area contributed by atoms with E-state index < -0.39 is 0 Å². The molecule has 6 heteroatoms. The first kappa shape index (κ1) is 23.8. The van der Waals surface area contributed by atoms with Crippen molar-refractivity contribution in [3.63, 3.8) is 0 Å². The van der Waals surface area contributed by atoms with Gasteiger partial charge < -0.3 is 9.80 Å². The molecule has 0 N–H and O–H groups in total. The number of benzene rings is 1. The second-order valence-corrected chi connectivity index (χ2v) is 10.1. The Bertz CT molecular complexity index is 970. The van der Waals surface area contributed by atoms with Crippen LogP contribution in [0.2, 0.25) is 5.02 Å². The summed E-state index contributed by atoms with van der Waals surface area (Å²) in [5.41, 5.74) is 3.22. The zero-order valence-corrected chi connectivity index (χ0v) is 20.9. The monoisotopic (exact) mass is 466 g/mol. The molecule has 0 spiro atoms. The second-order valence-electron chi connectivity index (χ2n) is 9.65. The summed E-state index contributed by atoms with van der Waals surface area (Å²) < 4.78 is 0. The van der Waals surface area contributed by atoms with Gasteiger partial charge in [0.2, 0.25) is 5.91 Å². The maximum atomic E-state index is 13.4.